The third-order valence-electron chi connectivity index (χ3n) is 4.07. The summed E-state index contributed by atoms with van der Waals surface area (Å²) < 4.78 is 0. The average Bonchev–Trinajstić information content (AvgIpc) is 3.16. The highest BCUT2D eigenvalue weighted by atomic mass is 16.2. The molecule has 25 heavy (non-hydrogen) atoms. The Morgan fingerprint density at radius 2 is 1.80 bits per heavy atom. The van der Waals surface area contributed by atoms with Crippen molar-refractivity contribution in [2.45, 2.75) is 19.9 Å². The topological polar surface area (TPSA) is 69.8 Å². The lowest BCUT2D eigenvalue weighted by Crippen LogP contribution is -2.32. The van der Waals surface area contributed by atoms with Crippen LogP contribution >= 0.6 is 0 Å². The quantitative estimate of drug-likeness (QED) is 0.644. The molecule has 1 heterocycles. The van der Waals surface area contributed by atoms with Gasteiger partial charge in [0.1, 0.15) is 6.04 Å². The highest BCUT2D eigenvalue weighted by Gasteiger charge is 2.19. The number of hydrogen-bond donors (Lipinski definition) is 3. The summed E-state index contributed by atoms with van der Waals surface area (Å²) in [5.74, 6) is -0.0678. The van der Waals surface area contributed by atoms with Gasteiger partial charge in [-0.25, -0.2) is 0 Å². The summed E-state index contributed by atoms with van der Waals surface area (Å²) in [6, 6.07) is 15.4. The van der Waals surface area contributed by atoms with Gasteiger partial charge in [0.2, 0.25) is 5.91 Å². The first-order valence-corrected chi connectivity index (χ1v) is 8.37. The van der Waals surface area contributed by atoms with Crippen molar-refractivity contribution in [1.82, 2.24) is 15.5 Å². The number of rotatable bonds is 6. The van der Waals surface area contributed by atoms with E-state index in [-0.39, 0.29) is 11.9 Å². The molecule has 5 nitrogen and oxygen atoms in total. The van der Waals surface area contributed by atoms with Gasteiger partial charge in [-0.2, -0.15) is 5.10 Å². The van der Waals surface area contributed by atoms with E-state index in [1.165, 1.54) is 5.56 Å². The van der Waals surface area contributed by atoms with Gasteiger partial charge in [-0.15, -0.1) is 0 Å². The van der Waals surface area contributed by atoms with Gasteiger partial charge < -0.3 is 10.6 Å². The lowest BCUT2D eigenvalue weighted by atomic mass is 10.0. The number of likely N-dealkylation sites (N-methyl/N-ethyl adjacent to an activating group) is 1. The molecule has 1 aromatic heterocycles. The number of anilines is 1. The second kappa shape index (κ2) is 7.77. The molecule has 0 saturated carbocycles. The lowest BCUT2D eigenvalue weighted by Gasteiger charge is -2.18. The molecule has 0 aliphatic rings. The molecule has 2 aromatic carbocycles. The van der Waals surface area contributed by atoms with Gasteiger partial charge in [0.15, 0.2) is 0 Å². The van der Waals surface area contributed by atoms with Gasteiger partial charge >= 0.3 is 0 Å². The molecule has 1 unspecified atom stereocenters. The molecule has 1 atom stereocenters. The van der Waals surface area contributed by atoms with E-state index in [9.17, 15) is 4.79 Å². The van der Waals surface area contributed by atoms with E-state index in [4.69, 9.17) is 0 Å². The van der Waals surface area contributed by atoms with Gasteiger partial charge in [-0.3, -0.25) is 9.89 Å². The van der Waals surface area contributed by atoms with Crippen LogP contribution in [0.4, 0.5) is 5.69 Å². The Morgan fingerprint density at radius 3 is 2.40 bits per heavy atom. The summed E-state index contributed by atoms with van der Waals surface area (Å²) in [7, 11) is 0. The van der Waals surface area contributed by atoms with Crippen molar-refractivity contribution in [2.24, 2.45) is 0 Å². The molecule has 128 valence electrons. The van der Waals surface area contributed by atoms with E-state index in [1.807, 2.05) is 68.6 Å². The summed E-state index contributed by atoms with van der Waals surface area (Å²) in [4.78, 5) is 12.7. The number of aryl methyl sites for hydroxylation is 1. The fourth-order valence-electron chi connectivity index (χ4n) is 2.69. The first-order valence-electron chi connectivity index (χ1n) is 8.37. The van der Waals surface area contributed by atoms with E-state index in [2.05, 4.69) is 20.8 Å². The SMILES string of the molecule is CCNC(C(=O)Nc1ccc(-c2cn[nH]c2)cc1)c1ccc(C)cc1. The normalized spacial score (nSPS) is 11.9. The van der Waals surface area contributed by atoms with E-state index >= 15 is 0 Å². The number of nitrogens with one attached hydrogen (secondary N) is 3. The maximum absolute atomic E-state index is 12.7. The van der Waals surface area contributed by atoms with Crippen molar-refractivity contribution >= 4 is 11.6 Å². The second-order valence-corrected chi connectivity index (χ2v) is 5.95. The number of hydrogen-bond acceptors (Lipinski definition) is 3. The largest absolute Gasteiger partial charge is 0.324 e. The number of carbonyl (C=O) groups is 1. The Morgan fingerprint density at radius 1 is 1.08 bits per heavy atom. The van der Waals surface area contributed by atoms with Gasteiger partial charge in [0.05, 0.1) is 6.20 Å². The summed E-state index contributed by atoms with van der Waals surface area (Å²) in [5, 5.41) is 13.0. The zero-order chi connectivity index (χ0) is 17.6. The maximum Gasteiger partial charge on any atom is 0.246 e. The van der Waals surface area contributed by atoms with Crippen LogP contribution in [0.15, 0.2) is 60.9 Å². The summed E-state index contributed by atoms with van der Waals surface area (Å²) >= 11 is 0. The molecule has 5 heteroatoms. The molecule has 3 aromatic rings. The first kappa shape index (κ1) is 16.9. The van der Waals surface area contributed by atoms with Crippen LogP contribution in [-0.4, -0.2) is 22.6 Å². The molecule has 0 saturated heterocycles. The minimum atomic E-state index is -0.376. The van der Waals surface area contributed by atoms with Gasteiger partial charge in [-0.1, -0.05) is 48.9 Å². The maximum atomic E-state index is 12.7. The van der Waals surface area contributed by atoms with Crippen molar-refractivity contribution in [3.05, 3.63) is 72.1 Å². The molecule has 0 bridgehead atoms. The third-order valence-corrected chi connectivity index (χ3v) is 4.07. The van der Waals surface area contributed by atoms with E-state index in [0.717, 1.165) is 22.4 Å². The fourth-order valence-corrected chi connectivity index (χ4v) is 2.69. The van der Waals surface area contributed by atoms with Crippen LogP contribution in [0.5, 0.6) is 0 Å². The van der Waals surface area contributed by atoms with Crippen LogP contribution in [0.1, 0.15) is 24.1 Å². The smallest absolute Gasteiger partial charge is 0.246 e. The van der Waals surface area contributed by atoms with Gasteiger partial charge in [-0.05, 0) is 36.7 Å². The molecule has 3 rings (SSSR count). The Labute approximate surface area is 147 Å². The second-order valence-electron chi connectivity index (χ2n) is 5.95. The molecule has 3 N–H and O–H groups in total. The number of nitrogens with zero attached hydrogens (tertiary/aromatic N) is 1. The minimum Gasteiger partial charge on any atom is -0.324 e. The number of benzene rings is 2. The number of carbonyl (C=O) groups excluding carboxylic acids is 1. The molecule has 1 amide bonds. The summed E-state index contributed by atoms with van der Waals surface area (Å²) in [6.07, 6.45) is 3.61. The Bertz CT molecular complexity index is 808. The Hall–Kier alpha value is -2.92. The highest BCUT2D eigenvalue weighted by Crippen LogP contribution is 2.21. The monoisotopic (exact) mass is 334 g/mol. The third kappa shape index (κ3) is 4.14. The molecular weight excluding hydrogens is 312 g/mol. The van der Waals surface area contributed by atoms with Crippen LogP contribution in [0.25, 0.3) is 11.1 Å². The van der Waals surface area contributed by atoms with E-state index < -0.39 is 0 Å². The van der Waals surface area contributed by atoms with Crippen molar-refractivity contribution in [3.8, 4) is 11.1 Å². The molecule has 0 aliphatic carbocycles. The average molecular weight is 334 g/mol. The number of amides is 1. The number of aromatic amines is 1. The lowest BCUT2D eigenvalue weighted by molar-refractivity contribution is -0.118. The molecule has 0 spiro atoms. The number of H-pyrrole nitrogens is 1. The zero-order valence-electron chi connectivity index (χ0n) is 14.4. The van der Waals surface area contributed by atoms with Crippen molar-refractivity contribution < 1.29 is 4.79 Å². The van der Waals surface area contributed by atoms with Gasteiger partial charge in [0.25, 0.3) is 0 Å². The van der Waals surface area contributed by atoms with E-state index in [1.54, 1.807) is 6.20 Å². The van der Waals surface area contributed by atoms with Crippen molar-refractivity contribution in [1.29, 1.82) is 0 Å². The number of aromatic nitrogens is 2. The summed E-state index contributed by atoms with van der Waals surface area (Å²) in [6.45, 7) is 4.74. The predicted octanol–water partition coefficient (Wildman–Crippen LogP) is 3.67. The van der Waals surface area contributed by atoms with Crippen molar-refractivity contribution in [2.75, 3.05) is 11.9 Å². The molecular formula is C20H22N4O. The van der Waals surface area contributed by atoms with Crippen molar-refractivity contribution in [3.63, 3.8) is 0 Å². The predicted molar refractivity (Wildman–Crippen MR) is 100 cm³/mol. The standard InChI is InChI=1S/C20H22N4O/c1-3-21-19(16-6-4-14(2)5-7-16)20(25)24-18-10-8-15(9-11-18)17-12-22-23-13-17/h4-13,19,21H,3H2,1-2H3,(H,22,23)(H,24,25). The van der Waals surface area contributed by atoms with E-state index in [0.29, 0.717) is 6.54 Å². The highest BCUT2D eigenvalue weighted by molar-refractivity contribution is 5.95. The van der Waals surface area contributed by atoms with Crippen LogP contribution in [0, 0.1) is 6.92 Å². The molecule has 0 fully saturated rings. The Balaban J connectivity index is 1.73. The first-order chi connectivity index (χ1) is 12.2. The van der Waals surface area contributed by atoms with Crippen LogP contribution in [0.3, 0.4) is 0 Å². The fraction of sp³-hybridized carbons (Fsp3) is 0.200. The van der Waals surface area contributed by atoms with Gasteiger partial charge in [0, 0.05) is 17.4 Å². The van der Waals surface area contributed by atoms with Crippen LogP contribution < -0.4 is 10.6 Å². The van der Waals surface area contributed by atoms with Crippen LogP contribution in [-0.2, 0) is 4.79 Å². The zero-order valence-corrected chi connectivity index (χ0v) is 14.4. The molecule has 0 aliphatic heterocycles. The summed E-state index contributed by atoms with van der Waals surface area (Å²) in [5.41, 5.74) is 4.97. The molecule has 0 radical (unpaired) electrons. The van der Waals surface area contributed by atoms with Crippen LogP contribution in [0.2, 0.25) is 0 Å². The minimum absolute atomic E-state index is 0.0678. The Kier molecular flexibility index (Phi) is 5.26.